The second kappa shape index (κ2) is 14.0. The van der Waals surface area contributed by atoms with Crippen molar-refractivity contribution in [2.75, 3.05) is 68.0 Å². The Morgan fingerprint density at radius 3 is 2.53 bits per heavy atom. The van der Waals surface area contributed by atoms with Gasteiger partial charge in [-0.1, -0.05) is 17.4 Å². The summed E-state index contributed by atoms with van der Waals surface area (Å²) in [5.74, 6) is 0.873. The van der Waals surface area contributed by atoms with Crippen LogP contribution in [0.2, 0.25) is 0 Å². The lowest BCUT2D eigenvalue weighted by Gasteiger charge is -2.39. The molecule has 3 aliphatic heterocycles. The minimum absolute atomic E-state index is 0.198. The van der Waals surface area contributed by atoms with E-state index in [0.717, 1.165) is 108 Å². The molecule has 8 heterocycles. The number of imide groups is 1. The number of hydrogen-bond donors (Lipinski definition) is 2. The summed E-state index contributed by atoms with van der Waals surface area (Å²) in [6, 6.07) is 13.8. The molecule has 51 heavy (non-hydrogen) atoms. The Morgan fingerprint density at radius 1 is 0.941 bits per heavy atom. The number of nitrogens with one attached hydrogen (secondary N) is 2. The zero-order chi connectivity index (χ0) is 34.9. The van der Waals surface area contributed by atoms with E-state index in [9.17, 15) is 14.9 Å². The summed E-state index contributed by atoms with van der Waals surface area (Å²) < 4.78 is 1.79. The second-order valence-corrected chi connectivity index (χ2v) is 14.3. The molecule has 2 amide bonds. The highest BCUT2D eigenvalue weighted by atomic mass is 32.1. The molecule has 3 fully saturated rings. The molecule has 5 aromatic heterocycles. The smallest absolute Gasteiger partial charge is 0.234 e. The summed E-state index contributed by atoms with van der Waals surface area (Å²) in [7, 11) is 1.89. The van der Waals surface area contributed by atoms with Gasteiger partial charge in [-0.15, -0.1) is 10.2 Å². The van der Waals surface area contributed by atoms with Crippen molar-refractivity contribution in [2.45, 2.75) is 31.6 Å². The molecule has 1 unspecified atom stereocenters. The lowest BCUT2D eigenvalue weighted by atomic mass is 9.91. The van der Waals surface area contributed by atoms with E-state index in [4.69, 9.17) is 4.98 Å². The predicted molar refractivity (Wildman–Crippen MR) is 195 cm³/mol. The maximum Gasteiger partial charge on any atom is 0.234 e. The average molecular weight is 703 g/mol. The van der Waals surface area contributed by atoms with Gasteiger partial charge < -0.3 is 15.1 Å². The van der Waals surface area contributed by atoms with Crippen LogP contribution in [0.5, 0.6) is 0 Å². The first-order valence-electron chi connectivity index (χ1n) is 17.4. The Bertz CT molecular complexity index is 2110. The fourth-order valence-electron chi connectivity index (χ4n) is 7.31. The normalized spacial score (nSPS) is 18.9. The number of nitrogens with zero attached hydrogens (tertiary/aromatic N) is 10. The Hall–Kier alpha value is -5.46. The molecule has 15 heteroatoms. The molecule has 14 nitrogen and oxygen atoms in total. The minimum Gasteiger partial charge on any atom is -0.387 e. The van der Waals surface area contributed by atoms with Gasteiger partial charge in [-0.25, -0.2) is 9.50 Å². The van der Waals surface area contributed by atoms with Crippen LogP contribution in [0.25, 0.3) is 27.5 Å². The van der Waals surface area contributed by atoms with Gasteiger partial charge in [0.15, 0.2) is 5.01 Å². The molecule has 0 radical (unpaired) electrons. The van der Waals surface area contributed by atoms with E-state index in [1.54, 1.807) is 28.2 Å². The van der Waals surface area contributed by atoms with E-state index in [2.05, 4.69) is 51.7 Å². The van der Waals surface area contributed by atoms with Crippen LogP contribution < -0.4 is 20.4 Å². The number of aromatic nitrogens is 6. The van der Waals surface area contributed by atoms with Crippen LogP contribution in [0.4, 0.5) is 16.6 Å². The van der Waals surface area contributed by atoms with Gasteiger partial charge in [0, 0.05) is 77.4 Å². The van der Waals surface area contributed by atoms with Gasteiger partial charge >= 0.3 is 0 Å². The van der Waals surface area contributed by atoms with Crippen molar-refractivity contribution in [2.24, 2.45) is 5.92 Å². The van der Waals surface area contributed by atoms with Crippen molar-refractivity contribution >= 4 is 45.3 Å². The van der Waals surface area contributed by atoms with Crippen molar-refractivity contribution in [1.29, 1.82) is 5.26 Å². The zero-order valence-corrected chi connectivity index (χ0v) is 29.1. The summed E-state index contributed by atoms with van der Waals surface area (Å²) in [6.07, 6.45) is 8.35. The molecule has 3 saturated heterocycles. The largest absolute Gasteiger partial charge is 0.387 e. The standard InChI is InChI=1S/C36H38N12O2S/c1-38-29-17-30(31-5-3-26-16-24(18-37)19-41-48(26)31)39-21-28(29)35-43-44-36(51-35)47-14-12-45(13-15-47)22-23-8-10-46(11-9-23)32-6-2-25(20-40-32)27-4-7-33(49)42-34(27)50/h2-3,5-6,16-17,19-21,23,27H,4,7-15,22H2,1H3,(H,38,39)(H,42,49,50). The van der Waals surface area contributed by atoms with Gasteiger partial charge in [0.2, 0.25) is 16.9 Å². The number of rotatable bonds is 8. The highest BCUT2D eigenvalue weighted by Gasteiger charge is 2.29. The van der Waals surface area contributed by atoms with Crippen LogP contribution in [-0.2, 0) is 9.59 Å². The monoisotopic (exact) mass is 702 g/mol. The molecule has 0 saturated carbocycles. The number of piperazine rings is 1. The van der Waals surface area contributed by atoms with Crippen LogP contribution >= 0.6 is 11.3 Å². The molecule has 5 aromatic rings. The van der Waals surface area contributed by atoms with Crippen LogP contribution in [0.1, 0.15) is 42.7 Å². The van der Waals surface area contributed by atoms with Gasteiger partial charge in [-0.2, -0.15) is 10.4 Å². The Balaban J connectivity index is 0.834. The van der Waals surface area contributed by atoms with Gasteiger partial charge in [0.05, 0.1) is 40.1 Å². The van der Waals surface area contributed by atoms with E-state index >= 15 is 0 Å². The molecule has 1 atom stereocenters. The third-order valence-electron chi connectivity index (χ3n) is 10.2. The molecule has 8 rings (SSSR count). The highest BCUT2D eigenvalue weighted by molar-refractivity contribution is 7.18. The van der Waals surface area contributed by atoms with Crippen molar-refractivity contribution in [1.82, 2.24) is 40.0 Å². The quantitative estimate of drug-likeness (QED) is 0.226. The number of anilines is 3. The number of piperidine rings is 2. The van der Waals surface area contributed by atoms with Crippen molar-refractivity contribution < 1.29 is 9.59 Å². The summed E-state index contributed by atoms with van der Waals surface area (Å²) in [6.45, 7) is 6.84. The number of carbonyl (C=O) groups excluding carboxylic acids is 2. The van der Waals surface area contributed by atoms with Crippen molar-refractivity contribution in [3.05, 3.63) is 66.1 Å². The molecule has 0 spiro atoms. The van der Waals surface area contributed by atoms with Gasteiger partial charge in [0.1, 0.15) is 11.9 Å². The fourth-order valence-corrected chi connectivity index (χ4v) is 8.23. The molecule has 3 aliphatic rings. The second-order valence-electron chi connectivity index (χ2n) is 13.3. The molecule has 0 aliphatic carbocycles. The van der Waals surface area contributed by atoms with E-state index in [-0.39, 0.29) is 17.7 Å². The predicted octanol–water partition coefficient (Wildman–Crippen LogP) is 3.78. The summed E-state index contributed by atoms with van der Waals surface area (Å²) in [5.41, 5.74) is 5.64. The number of amides is 2. The topological polar surface area (TPSA) is 161 Å². The average Bonchev–Trinajstić information content (AvgIpc) is 3.83. The number of nitriles is 1. The lowest BCUT2D eigenvalue weighted by molar-refractivity contribution is -0.134. The minimum atomic E-state index is -0.303. The SMILES string of the molecule is CNc1cc(-c2ccc3cc(C#N)cnn23)ncc1-c1nnc(N2CCN(CC3CCN(c4ccc(C5CCC(=O)NC5=O)cn4)CC3)CC2)s1. The van der Waals surface area contributed by atoms with Crippen LogP contribution in [0.3, 0.4) is 0 Å². The number of hydrogen-bond acceptors (Lipinski definition) is 13. The summed E-state index contributed by atoms with van der Waals surface area (Å²) in [4.78, 5) is 40.4. The highest BCUT2D eigenvalue weighted by Crippen LogP contribution is 2.36. The van der Waals surface area contributed by atoms with E-state index in [0.29, 0.717) is 24.3 Å². The first kappa shape index (κ1) is 32.7. The van der Waals surface area contributed by atoms with Crippen molar-refractivity contribution in [3.63, 3.8) is 0 Å². The molecule has 0 bridgehead atoms. The van der Waals surface area contributed by atoms with E-state index in [1.807, 2.05) is 49.6 Å². The summed E-state index contributed by atoms with van der Waals surface area (Å²) in [5, 5.41) is 30.3. The third kappa shape index (κ3) is 6.72. The number of carbonyl (C=O) groups is 2. The number of fused-ring (bicyclic) bond motifs is 1. The van der Waals surface area contributed by atoms with E-state index < -0.39 is 0 Å². The maximum atomic E-state index is 12.2. The third-order valence-corrected chi connectivity index (χ3v) is 11.2. The Morgan fingerprint density at radius 2 is 1.78 bits per heavy atom. The lowest BCUT2D eigenvalue weighted by Crippen LogP contribution is -2.49. The molecular weight excluding hydrogens is 665 g/mol. The first-order chi connectivity index (χ1) is 24.9. The van der Waals surface area contributed by atoms with E-state index in [1.165, 1.54) is 0 Å². The maximum absolute atomic E-state index is 12.2. The fraction of sp³-hybridized carbons (Fsp3) is 0.389. The Labute approximate surface area is 299 Å². The van der Waals surface area contributed by atoms with Gasteiger partial charge in [-0.3, -0.25) is 24.8 Å². The Kier molecular flexibility index (Phi) is 9.01. The molecular formula is C36H38N12O2S. The summed E-state index contributed by atoms with van der Waals surface area (Å²) >= 11 is 1.59. The van der Waals surface area contributed by atoms with Crippen molar-refractivity contribution in [3.8, 4) is 28.0 Å². The molecule has 260 valence electrons. The van der Waals surface area contributed by atoms with Crippen LogP contribution in [0, 0.1) is 17.2 Å². The molecule has 0 aromatic carbocycles. The molecule has 2 N–H and O–H groups in total. The zero-order valence-electron chi connectivity index (χ0n) is 28.3. The number of pyridine rings is 2. The first-order valence-corrected chi connectivity index (χ1v) is 18.2. The van der Waals surface area contributed by atoms with Crippen LogP contribution in [-0.4, -0.2) is 99.4 Å². The van der Waals surface area contributed by atoms with Gasteiger partial charge in [0.25, 0.3) is 0 Å². The van der Waals surface area contributed by atoms with Crippen LogP contribution in [0.15, 0.2) is 55.0 Å². The van der Waals surface area contributed by atoms with Gasteiger partial charge in [-0.05, 0) is 61.1 Å².